The number of hydrogen-bond donors (Lipinski definition) is 2. The highest BCUT2D eigenvalue weighted by Crippen LogP contribution is 2.11. The van der Waals surface area contributed by atoms with E-state index in [2.05, 4.69) is 11.9 Å². The predicted octanol–water partition coefficient (Wildman–Crippen LogP) is 2.24. The number of hydrogen-bond acceptors (Lipinski definition) is 1. The number of nitrogens with two attached hydrogens (primary N) is 1. The molecule has 0 aromatic carbocycles. The lowest BCUT2D eigenvalue weighted by atomic mass is 10.1. The lowest BCUT2D eigenvalue weighted by Gasteiger charge is -2.06. The van der Waals surface area contributed by atoms with Crippen LogP contribution in [-0.2, 0) is 0 Å². The molecule has 0 saturated carbocycles. The Morgan fingerprint density at radius 2 is 2.36 bits per heavy atom. The van der Waals surface area contributed by atoms with Gasteiger partial charge in [0.1, 0.15) is 0 Å². The molecule has 3 N–H and O–H groups in total. The number of rotatable bonds is 3. The molecule has 0 aliphatic heterocycles. The first-order valence-corrected chi connectivity index (χ1v) is 3.73. The molecule has 0 radical (unpaired) electrons. The van der Waals surface area contributed by atoms with E-state index in [9.17, 15) is 0 Å². The van der Waals surface area contributed by atoms with Gasteiger partial charge >= 0.3 is 0 Å². The van der Waals surface area contributed by atoms with Crippen molar-refractivity contribution in [3.63, 3.8) is 0 Å². The molecule has 1 rings (SSSR count). The molecule has 0 spiro atoms. The summed E-state index contributed by atoms with van der Waals surface area (Å²) in [5.41, 5.74) is 6.96. The van der Waals surface area contributed by atoms with Crippen molar-refractivity contribution in [1.82, 2.24) is 4.98 Å². The van der Waals surface area contributed by atoms with Crippen molar-refractivity contribution in [2.24, 2.45) is 5.73 Å². The fourth-order valence-corrected chi connectivity index (χ4v) is 1.04. The van der Waals surface area contributed by atoms with Gasteiger partial charge in [-0.25, -0.2) is 0 Å². The molecule has 0 fully saturated rings. The number of halogens is 1. The van der Waals surface area contributed by atoms with Crippen LogP contribution in [0.15, 0.2) is 18.3 Å². The summed E-state index contributed by atoms with van der Waals surface area (Å²) in [6.45, 7) is 2.14. The van der Waals surface area contributed by atoms with Crippen LogP contribution in [0.4, 0.5) is 0 Å². The van der Waals surface area contributed by atoms with Crippen molar-refractivity contribution in [3.05, 3.63) is 24.0 Å². The van der Waals surface area contributed by atoms with Gasteiger partial charge in [0, 0.05) is 17.9 Å². The van der Waals surface area contributed by atoms with Gasteiger partial charge in [-0.1, -0.05) is 13.3 Å². The molecular formula is C8H15ClN2. The van der Waals surface area contributed by atoms with Gasteiger partial charge in [-0.05, 0) is 18.6 Å². The minimum Gasteiger partial charge on any atom is -0.364 e. The predicted molar refractivity (Wildman–Crippen MR) is 49.9 cm³/mol. The molecule has 3 heteroatoms. The van der Waals surface area contributed by atoms with Gasteiger partial charge in [0.15, 0.2) is 0 Å². The van der Waals surface area contributed by atoms with E-state index in [1.807, 2.05) is 18.3 Å². The Hall–Kier alpha value is -0.470. The van der Waals surface area contributed by atoms with E-state index in [-0.39, 0.29) is 18.4 Å². The minimum atomic E-state index is 0. The fraction of sp³-hybridized carbons (Fsp3) is 0.500. The summed E-state index contributed by atoms with van der Waals surface area (Å²) in [6.07, 6.45) is 4.10. The first-order chi connectivity index (χ1) is 4.84. The highest BCUT2D eigenvalue weighted by atomic mass is 35.5. The van der Waals surface area contributed by atoms with Gasteiger partial charge in [0.2, 0.25) is 0 Å². The second-order valence-electron chi connectivity index (χ2n) is 2.52. The molecule has 1 atom stereocenters. The van der Waals surface area contributed by atoms with Crippen LogP contribution < -0.4 is 5.73 Å². The van der Waals surface area contributed by atoms with E-state index in [0.29, 0.717) is 0 Å². The van der Waals surface area contributed by atoms with Crippen LogP contribution in [0.3, 0.4) is 0 Å². The van der Waals surface area contributed by atoms with Crippen LogP contribution in [0.2, 0.25) is 0 Å². The third-order valence-electron chi connectivity index (χ3n) is 1.62. The highest BCUT2D eigenvalue weighted by molar-refractivity contribution is 5.85. The van der Waals surface area contributed by atoms with Gasteiger partial charge in [-0.15, -0.1) is 12.4 Å². The van der Waals surface area contributed by atoms with Gasteiger partial charge in [-0.2, -0.15) is 0 Å². The Kier molecular flexibility index (Phi) is 4.99. The fourth-order valence-electron chi connectivity index (χ4n) is 1.04. The molecule has 0 bridgehead atoms. The largest absolute Gasteiger partial charge is 0.364 e. The lowest BCUT2D eigenvalue weighted by molar-refractivity contribution is 0.625. The molecule has 2 nitrogen and oxygen atoms in total. The summed E-state index contributed by atoms with van der Waals surface area (Å²) >= 11 is 0. The standard InChI is InChI=1S/C8H14N2.ClH/c1-2-4-7(9)8-5-3-6-10-8;/h3,5-7,10H,2,4,9H2,1H3;1H/t7-;/m0./s1. The molecule has 1 aromatic rings. The van der Waals surface area contributed by atoms with Crippen molar-refractivity contribution in [1.29, 1.82) is 0 Å². The quantitative estimate of drug-likeness (QED) is 0.725. The molecular weight excluding hydrogens is 160 g/mol. The molecule has 0 unspecified atom stereocenters. The third kappa shape index (κ3) is 2.95. The van der Waals surface area contributed by atoms with E-state index < -0.39 is 0 Å². The first kappa shape index (κ1) is 10.5. The zero-order valence-electron chi connectivity index (χ0n) is 6.71. The molecule has 0 saturated heterocycles. The summed E-state index contributed by atoms with van der Waals surface area (Å²) in [5, 5.41) is 0. The van der Waals surface area contributed by atoms with Gasteiger partial charge < -0.3 is 10.7 Å². The van der Waals surface area contributed by atoms with Crippen molar-refractivity contribution >= 4 is 12.4 Å². The average molecular weight is 175 g/mol. The van der Waals surface area contributed by atoms with Crippen LogP contribution in [0, 0.1) is 0 Å². The minimum absolute atomic E-state index is 0. The first-order valence-electron chi connectivity index (χ1n) is 3.73. The van der Waals surface area contributed by atoms with Gasteiger partial charge in [0.05, 0.1) is 0 Å². The van der Waals surface area contributed by atoms with E-state index in [4.69, 9.17) is 5.73 Å². The van der Waals surface area contributed by atoms with Crippen molar-refractivity contribution in [2.45, 2.75) is 25.8 Å². The maximum atomic E-state index is 5.82. The van der Waals surface area contributed by atoms with Gasteiger partial charge in [0.25, 0.3) is 0 Å². The zero-order valence-corrected chi connectivity index (χ0v) is 7.53. The van der Waals surface area contributed by atoms with Crippen LogP contribution in [-0.4, -0.2) is 4.98 Å². The Labute approximate surface area is 73.6 Å². The summed E-state index contributed by atoms with van der Waals surface area (Å²) in [4.78, 5) is 3.10. The molecule has 0 aliphatic carbocycles. The number of nitrogens with one attached hydrogen (secondary N) is 1. The Morgan fingerprint density at radius 3 is 2.82 bits per heavy atom. The number of H-pyrrole nitrogens is 1. The Balaban J connectivity index is 0.000001000. The van der Waals surface area contributed by atoms with E-state index in [0.717, 1.165) is 18.5 Å². The SMILES string of the molecule is CCC[C@H](N)c1ccc[nH]1.Cl. The molecule has 64 valence electrons. The Bertz CT molecular complexity index is 172. The van der Waals surface area contributed by atoms with Gasteiger partial charge in [-0.3, -0.25) is 0 Å². The molecule has 0 aliphatic rings. The zero-order chi connectivity index (χ0) is 7.40. The Morgan fingerprint density at radius 1 is 1.64 bits per heavy atom. The maximum Gasteiger partial charge on any atom is 0.0447 e. The highest BCUT2D eigenvalue weighted by Gasteiger charge is 2.02. The average Bonchev–Trinajstić information content (AvgIpc) is 2.38. The van der Waals surface area contributed by atoms with Crippen LogP contribution in [0.1, 0.15) is 31.5 Å². The topological polar surface area (TPSA) is 41.8 Å². The van der Waals surface area contributed by atoms with Crippen molar-refractivity contribution < 1.29 is 0 Å². The number of aromatic amines is 1. The second-order valence-corrected chi connectivity index (χ2v) is 2.52. The lowest BCUT2D eigenvalue weighted by Crippen LogP contribution is -2.09. The van der Waals surface area contributed by atoms with Crippen LogP contribution >= 0.6 is 12.4 Å². The van der Waals surface area contributed by atoms with E-state index >= 15 is 0 Å². The maximum absolute atomic E-state index is 5.82. The molecule has 1 heterocycles. The molecule has 1 aromatic heterocycles. The van der Waals surface area contributed by atoms with Crippen molar-refractivity contribution in [3.8, 4) is 0 Å². The number of aromatic nitrogens is 1. The summed E-state index contributed by atoms with van der Waals surface area (Å²) in [6, 6.07) is 4.20. The normalized spacial score (nSPS) is 12.2. The molecule has 0 amide bonds. The van der Waals surface area contributed by atoms with Crippen LogP contribution in [0.5, 0.6) is 0 Å². The van der Waals surface area contributed by atoms with Crippen LogP contribution in [0.25, 0.3) is 0 Å². The van der Waals surface area contributed by atoms with Crippen molar-refractivity contribution in [2.75, 3.05) is 0 Å². The molecule has 11 heavy (non-hydrogen) atoms. The monoisotopic (exact) mass is 174 g/mol. The second kappa shape index (κ2) is 5.22. The smallest absolute Gasteiger partial charge is 0.0447 e. The summed E-state index contributed by atoms with van der Waals surface area (Å²) < 4.78 is 0. The van der Waals surface area contributed by atoms with E-state index in [1.54, 1.807) is 0 Å². The summed E-state index contributed by atoms with van der Waals surface area (Å²) in [7, 11) is 0. The van der Waals surface area contributed by atoms with E-state index in [1.165, 1.54) is 0 Å². The summed E-state index contributed by atoms with van der Waals surface area (Å²) in [5.74, 6) is 0. The third-order valence-corrected chi connectivity index (χ3v) is 1.62.